The zero-order chi connectivity index (χ0) is 15.0. The molecule has 2 aliphatic rings. The van der Waals surface area contributed by atoms with E-state index >= 15 is 0 Å². The Bertz CT molecular complexity index is 635. The van der Waals surface area contributed by atoms with E-state index in [1.165, 1.54) is 23.5 Å². The molecule has 0 spiro atoms. The van der Waals surface area contributed by atoms with Crippen LogP contribution in [0.3, 0.4) is 0 Å². The minimum atomic E-state index is -3.64. The second kappa shape index (κ2) is 5.55. The van der Waals surface area contributed by atoms with Gasteiger partial charge in [0.2, 0.25) is 10.0 Å². The highest BCUT2D eigenvalue weighted by Crippen LogP contribution is 2.31. The predicted octanol–water partition coefficient (Wildman–Crippen LogP) is 1.06. The van der Waals surface area contributed by atoms with Crippen molar-refractivity contribution in [3.63, 3.8) is 0 Å². The zero-order valence-corrected chi connectivity index (χ0v) is 12.7. The highest BCUT2D eigenvalue weighted by molar-refractivity contribution is 7.89. The lowest BCUT2D eigenvalue weighted by Crippen LogP contribution is -2.43. The zero-order valence-electron chi connectivity index (χ0n) is 11.9. The topological polar surface area (TPSA) is 58.6 Å². The van der Waals surface area contributed by atoms with Gasteiger partial charge in [-0.05, 0) is 49.5 Å². The Labute approximate surface area is 124 Å². The van der Waals surface area contributed by atoms with Crippen molar-refractivity contribution < 1.29 is 17.5 Å². The number of benzene rings is 1. The van der Waals surface area contributed by atoms with Crippen LogP contribution in [-0.2, 0) is 10.0 Å². The van der Waals surface area contributed by atoms with Crippen molar-refractivity contribution in [2.75, 3.05) is 33.3 Å². The second-order valence-corrected chi connectivity index (χ2v) is 7.56. The Morgan fingerprint density at radius 1 is 1.33 bits per heavy atom. The average Bonchev–Trinajstić information content (AvgIpc) is 2.94. The molecule has 0 saturated carbocycles. The van der Waals surface area contributed by atoms with E-state index in [1.54, 1.807) is 0 Å². The molecule has 0 aliphatic carbocycles. The fourth-order valence-corrected chi connectivity index (χ4v) is 4.70. The van der Waals surface area contributed by atoms with Crippen molar-refractivity contribution in [3.8, 4) is 5.75 Å². The molecule has 3 rings (SSSR count). The number of halogens is 1. The van der Waals surface area contributed by atoms with E-state index in [1.807, 2.05) is 0 Å². The third-order valence-electron chi connectivity index (χ3n) is 4.43. The van der Waals surface area contributed by atoms with E-state index in [2.05, 4.69) is 5.32 Å². The summed E-state index contributed by atoms with van der Waals surface area (Å²) in [7, 11) is -2.29. The molecule has 0 amide bonds. The third-order valence-corrected chi connectivity index (χ3v) is 6.29. The molecule has 1 N–H and O–H groups in total. The number of hydrogen-bond donors (Lipinski definition) is 1. The highest BCUT2D eigenvalue weighted by atomic mass is 32.2. The van der Waals surface area contributed by atoms with Gasteiger partial charge in [0, 0.05) is 13.1 Å². The van der Waals surface area contributed by atoms with Gasteiger partial charge in [0.05, 0.1) is 12.0 Å². The average molecular weight is 314 g/mol. The van der Waals surface area contributed by atoms with Crippen LogP contribution < -0.4 is 10.1 Å². The first kappa shape index (κ1) is 14.7. The molecular weight excluding hydrogens is 295 g/mol. The van der Waals surface area contributed by atoms with Gasteiger partial charge in [-0.3, -0.25) is 0 Å². The Hall–Kier alpha value is -1.18. The molecular formula is C14H19FN2O3S. The summed E-state index contributed by atoms with van der Waals surface area (Å²) in [4.78, 5) is -0.00907. The third kappa shape index (κ3) is 2.65. The lowest BCUT2D eigenvalue weighted by atomic mass is 9.90. The molecule has 2 unspecified atom stereocenters. The van der Waals surface area contributed by atoms with Crippen LogP contribution in [0.2, 0.25) is 0 Å². The largest absolute Gasteiger partial charge is 0.494 e. The summed E-state index contributed by atoms with van der Waals surface area (Å²) in [5.74, 6) is 0.310. The SMILES string of the molecule is COc1ccc(S(=O)(=O)N2CCC3CNCC3C2)cc1F. The summed E-state index contributed by atoms with van der Waals surface area (Å²) in [6.07, 6.45) is 0.857. The second-order valence-electron chi connectivity index (χ2n) is 5.63. The maximum Gasteiger partial charge on any atom is 0.243 e. The molecule has 0 bridgehead atoms. The van der Waals surface area contributed by atoms with Crippen molar-refractivity contribution in [1.29, 1.82) is 0 Å². The number of methoxy groups -OCH3 is 1. The summed E-state index contributed by atoms with van der Waals surface area (Å²) >= 11 is 0. The molecule has 1 aromatic rings. The van der Waals surface area contributed by atoms with Crippen molar-refractivity contribution in [2.45, 2.75) is 11.3 Å². The van der Waals surface area contributed by atoms with Gasteiger partial charge >= 0.3 is 0 Å². The number of sulfonamides is 1. The van der Waals surface area contributed by atoms with Crippen LogP contribution in [0.15, 0.2) is 23.1 Å². The monoisotopic (exact) mass is 314 g/mol. The first-order chi connectivity index (χ1) is 10.0. The minimum Gasteiger partial charge on any atom is -0.494 e. The van der Waals surface area contributed by atoms with Crippen LogP contribution in [0.1, 0.15) is 6.42 Å². The van der Waals surface area contributed by atoms with Gasteiger partial charge in [0.15, 0.2) is 11.6 Å². The van der Waals surface area contributed by atoms with Crippen LogP contribution in [0.25, 0.3) is 0 Å². The molecule has 21 heavy (non-hydrogen) atoms. The first-order valence-corrected chi connectivity index (χ1v) is 8.51. The number of nitrogens with zero attached hydrogens (tertiary/aromatic N) is 1. The molecule has 7 heteroatoms. The van der Waals surface area contributed by atoms with Gasteiger partial charge in [0.25, 0.3) is 0 Å². The first-order valence-electron chi connectivity index (χ1n) is 7.07. The summed E-state index contributed by atoms with van der Waals surface area (Å²) in [6.45, 7) is 2.83. The van der Waals surface area contributed by atoms with Crippen LogP contribution >= 0.6 is 0 Å². The van der Waals surface area contributed by atoms with Crippen LogP contribution in [-0.4, -0.2) is 46.0 Å². The van der Waals surface area contributed by atoms with Crippen molar-refractivity contribution in [2.24, 2.45) is 11.8 Å². The summed E-state index contributed by atoms with van der Waals surface area (Å²) < 4.78 is 45.3. The molecule has 2 aliphatic heterocycles. The van der Waals surface area contributed by atoms with Gasteiger partial charge in [-0.2, -0.15) is 4.31 Å². The maximum atomic E-state index is 13.7. The molecule has 0 aromatic heterocycles. The van der Waals surface area contributed by atoms with Crippen molar-refractivity contribution in [1.82, 2.24) is 9.62 Å². The molecule has 2 heterocycles. The lowest BCUT2D eigenvalue weighted by Gasteiger charge is -2.33. The molecule has 2 atom stereocenters. The molecule has 116 valence electrons. The van der Waals surface area contributed by atoms with Gasteiger partial charge in [0.1, 0.15) is 0 Å². The number of rotatable bonds is 3. The normalized spacial score (nSPS) is 26.6. The van der Waals surface area contributed by atoms with E-state index in [0.29, 0.717) is 24.9 Å². The molecule has 5 nitrogen and oxygen atoms in total. The Balaban J connectivity index is 1.85. The number of nitrogens with one attached hydrogen (secondary N) is 1. The number of ether oxygens (including phenoxy) is 1. The van der Waals surface area contributed by atoms with Crippen LogP contribution in [0.5, 0.6) is 5.75 Å². The maximum absolute atomic E-state index is 13.7. The Morgan fingerprint density at radius 3 is 2.81 bits per heavy atom. The lowest BCUT2D eigenvalue weighted by molar-refractivity contribution is 0.228. The summed E-state index contributed by atoms with van der Waals surface area (Å²) in [5.41, 5.74) is 0. The van der Waals surface area contributed by atoms with E-state index in [4.69, 9.17) is 4.74 Å². The van der Waals surface area contributed by atoms with Gasteiger partial charge in [-0.15, -0.1) is 0 Å². The Morgan fingerprint density at radius 2 is 2.10 bits per heavy atom. The summed E-state index contributed by atoms with van der Waals surface area (Å²) in [5, 5.41) is 3.30. The standard InChI is InChI=1S/C14H19FN2O3S/c1-20-14-3-2-12(6-13(14)15)21(18,19)17-5-4-10-7-16-8-11(10)9-17/h2-3,6,10-11,16H,4-5,7-9H2,1H3. The predicted molar refractivity (Wildman–Crippen MR) is 76.2 cm³/mol. The fraction of sp³-hybridized carbons (Fsp3) is 0.571. The summed E-state index contributed by atoms with van der Waals surface area (Å²) in [6, 6.07) is 3.79. The molecule has 0 radical (unpaired) electrons. The quantitative estimate of drug-likeness (QED) is 0.906. The van der Waals surface area contributed by atoms with Crippen molar-refractivity contribution >= 4 is 10.0 Å². The number of piperidine rings is 1. The molecule has 2 fully saturated rings. The Kier molecular flexibility index (Phi) is 3.90. The van der Waals surface area contributed by atoms with E-state index < -0.39 is 15.8 Å². The number of fused-ring (bicyclic) bond motifs is 1. The highest BCUT2D eigenvalue weighted by Gasteiger charge is 2.37. The van der Waals surface area contributed by atoms with Crippen molar-refractivity contribution in [3.05, 3.63) is 24.0 Å². The van der Waals surface area contributed by atoms with Gasteiger partial charge in [-0.25, -0.2) is 12.8 Å². The van der Waals surface area contributed by atoms with Gasteiger partial charge < -0.3 is 10.1 Å². The van der Waals surface area contributed by atoms with Gasteiger partial charge in [-0.1, -0.05) is 0 Å². The van der Waals surface area contributed by atoms with Crippen LogP contribution in [0.4, 0.5) is 4.39 Å². The fourth-order valence-electron chi connectivity index (χ4n) is 3.18. The molecule has 1 aromatic carbocycles. The van der Waals surface area contributed by atoms with Crippen LogP contribution in [0, 0.1) is 17.7 Å². The van der Waals surface area contributed by atoms with E-state index in [0.717, 1.165) is 25.6 Å². The smallest absolute Gasteiger partial charge is 0.243 e. The molecule has 2 saturated heterocycles. The number of hydrogen-bond acceptors (Lipinski definition) is 4. The minimum absolute atomic E-state index is 0.00907. The van der Waals surface area contributed by atoms with E-state index in [9.17, 15) is 12.8 Å². The van der Waals surface area contributed by atoms with E-state index in [-0.39, 0.29) is 10.6 Å².